The molecule has 0 aliphatic heterocycles. The van der Waals surface area contributed by atoms with E-state index in [1.165, 1.54) is 69.9 Å². The van der Waals surface area contributed by atoms with Crippen LogP contribution in [0.15, 0.2) is 24.4 Å². The number of nitrogens with zero attached hydrogens (tertiary/aromatic N) is 1. The summed E-state index contributed by atoms with van der Waals surface area (Å²) in [4.78, 5) is 4.36. The van der Waals surface area contributed by atoms with Gasteiger partial charge in [-0.05, 0) is 25.0 Å². The highest BCUT2D eigenvalue weighted by atomic mass is 14.7. The molecule has 0 aromatic carbocycles. The molecule has 0 atom stereocenters. The number of hydrogen-bond donors (Lipinski definition) is 0. The second-order valence-electron chi connectivity index (χ2n) is 5.46. The molecule has 0 saturated heterocycles. The van der Waals surface area contributed by atoms with Gasteiger partial charge in [-0.1, -0.05) is 77.2 Å². The van der Waals surface area contributed by atoms with E-state index in [4.69, 9.17) is 0 Å². The first-order valence-electron chi connectivity index (χ1n) is 8.12. The third-order valence-corrected chi connectivity index (χ3v) is 3.66. The molecule has 107 valence electrons. The molecule has 0 fully saturated rings. The van der Waals surface area contributed by atoms with Crippen molar-refractivity contribution in [3.8, 4) is 0 Å². The first-order chi connectivity index (χ1) is 9.43. The lowest BCUT2D eigenvalue weighted by atomic mass is 10.0. The summed E-state index contributed by atoms with van der Waals surface area (Å²) in [6, 6.07) is 6.20. The van der Waals surface area contributed by atoms with E-state index in [0.29, 0.717) is 0 Å². The molecule has 1 heterocycles. The minimum Gasteiger partial charge on any atom is -0.261 e. The van der Waals surface area contributed by atoms with Gasteiger partial charge in [0.2, 0.25) is 0 Å². The molecule has 0 aliphatic carbocycles. The maximum absolute atomic E-state index is 4.36. The van der Waals surface area contributed by atoms with Crippen LogP contribution < -0.4 is 0 Å². The van der Waals surface area contributed by atoms with Gasteiger partial charge in [-0.3, -0.25) is 4.98 Å². The second kappa shape index (κ2) is 12.2. The highest BCUT2D eigenvalue weighted by molar-refractivity contribution is 5.03. The molecule has 1 radical (unpaired) electrons. The molecule has 1 nitrogen and oxygen atoms in total. The van der Waals surface area contributed by atoms with Crippen LogP contribution in [-0.2, 0) is 6.42 Å². The number of unbranched alkanes of at least 4 members (excludes halogenated alkanes) is 10. The van der Waals surface area contributed by atoms with Crippen molar-refractivity contribution in [2.24, 2.45) is 0 Å². The Kier molecular flexibility index (Phi) is 10.4. The molecule has 1 aromatic rings. The normalized spacial score (nSPS) is 10.8. The summed E-state index contributed by atoms with van der Waals surface area (Å²) < 4.78 is 0. The zero-order chi connectivity index (χ0) is 13.6. The van der Waals surface area contributed by atoms with E-state index in [9.17, 15) is 0 Å². The summed E-state index contributed by atoms with van der Waals surface area (Å²) in [5.41, 5.74) is 1.24. The molecule has 0 saturated carbocycles. The minimum absolute atomic E-state index is 1.11. The van der Waals surface area contributed by atoms with E-state index in [-0.39, 0.29) is 0 Å². The fourth-order valence-electron chi connectivity index (χ4n) is 2.44. The standard InChI is InChI=1S/C18H30N/c1-2-3-4-5-6-7-8-9-10-11-12-15-18-16-13-14-17-19-18/h13-14,16-17H,1-12,15H2. The van der Waals surface area contributed by atoms with Gasteiger partial charge in [-0.15, -0.1) is 0 Å². The third kappa shape index (κ3) is 9.69. The van der Waals surface area contributed by atoms with Gasteiger partial charge in [-0.25, -0.2) is 0 Å². The highest BCUT2D eigenvalue weighted by Crippen LogP contribution is 2.12. The van der Waals surface area contributed by atoms with Crippen molar-refractivity contribution in [1.29, 1.82) is 0 Å². The van der Waals surface area contributed by atoms with Crippen LogP contribution in [0.2, 0.25) is 0 Å². The first kappa shape index (κ1) is 16.2. The Bertz CT molecular complexity index is 281. The third-order valence-electron chi connectivity index (χ3n) is 3.66. The summed E-state index contributed by atoms with van der Waals surface area (Å²) in [6.07, 6.45) is 18.0. The van der Waals surface area contributed by atoms with Crippen molar-refractivity contribution < 1.29 is 0 Å². The number of aromatic nitrogens is 1. The first-order valence-corrected chi connectivity index (χ1v) is 8.12. The summed E-state index contributed by atoms with van der Waals surface area (Å²) >= 11 is 0. The van der Waals surface area contributed by atoms with Crippen LogP contribution in [0, 0.1) is 6.92 Å². The van der Waals surface area contributed by atoms with Crippen LogP contribution >= 0.6 is 0 Å². The molecular formula is C18H30N. The molecule has 0 spiro atoms. The summed E-state index contributed by atoms with van der Waals surface area (Å²) in [6.45, 7) is 3.88. The van der Waals surface area contributed by atoms with Crippen LogP contribution in [0.4, 0.5) is 0 Å². The fourth-order valence-corrected chi connectivity index (χ4v) is 2.44. The van der Waals surface area contributed by atoms with E-state index in [2.05, 4.69) is 24.0 Å². The monoisotopic (exact) mass is 260 g/mol. The van der Waals surface area contributed by atoms with Crippen LogP contribution in [0.25, 0.3) is 0 Å². The van der Waals surface area contributed by atoms with Crippen molar-refractivity contribution in [2.75, 3.05) is 0 Å². The predicted molar refractivity (Wildman–Crippen MR) is 84.1 cm³/mol. The molecule has 0 N–H and O–H groups in total. The van der Waals surface area contributed by atoms with Gasteiger partial charge in [0.05, 0.1) is 0 Å². The van der Waals surface area contributed by atoms with Crippen molar-refractivity contribution in [2.45, 2.75) is 77.0 Å². The van der Waals surface area contributed by atoms with Crippen molar-refractivity contribution >= 4 is 0 Å². The predicted octanol–water partition coefficient (Wildman–Crippen LogP) is 5.75. The van der Waals surface area contributed by atoms with E-state index in [0.717, 1.165) is 12.8 Å². The van der Waals surface area contributed by atoms with E-state index in [1.807, 2.05) is 12.3 Å². The maximum Gasteiger partial charge on any atom is 0.0403 e. The van der Waals surface area contributed by atoms with Crippen molar-refractivity contribution in [3.05, 3.63) is 37.0 Å². The quantitative estimate of drug-likeness (QED) is 0.436. The zero-order valence-corrected chi connectivity index (χ0v) is 12.4. The average molecular weight is 260 g/mol. The Morgan fingerprint density at radius 2 is 1.32 bits per heavy atom. The smallest absolute Gasteiger partial charge is 0.0403 e. The maximum atomic E-state index is 4.36. The molecule has 0 bridgehead atoms. The van der Waals surface area contributed by atoms with Gasteiger partial charge in [0, 0.05) is 11.9 Å². The number of pyridine rings is 1. The van der Waals surface area contributed by atoms with Crippen LogP contribution in [0.5, 0.6) is 0 Å². The van der Waals surface area contributed by atoms with Crippen LogP contribution in [0.3, 0.4) is 0 Å². The van der Waals surface area contributed by atoms with Crippen LogP contribution in [-0.4, -0.2) is 4.98 Å². The Morgan fingerprint density at radius 1 is 0.737 bits per heavy atom. The largest absolute Gasteiger partial charge is 0.261 e. The number of hydrogen-bond acceptors (Lipinski definition) is 1. The van der Waals surface area contributed by atoms with Crippen LogP contribution in [0.1, 0.15) is 76.3 Å². The molecule has 1 rings (SSSR count). The van der Waals surface area contributed by atoms with Gasteiger partial charge in [0.15, 0.2) is 0 Å². The number of aryl methyl sites for hydroxylation is 1. The van der Waals surface area contributed by atoms with Gasteiger partial charge >= 0.3 is 0 Å². The van der Waals surface area contributed by atoms with E-state index >= 15 is 0 Å². The lowest BCUT2D eigenvalue weighted by Crippen LogP contribution is -1.89. The molecule has 0 unspecified atom stereocenters. The molecule has 1 aromatic heterocycles. The lowest BCUT2D eigenvalue weighted by Gasteiger charge is -2.02. The minimum atomic E-state index is 1.11. The SMILES string of the molecule is [CH2]CCCCCCCCCCCCc1ccccn1. The molecular weight excluding hydrogens is 230 g/mol. The summed E-state index contributed by atoms with van der Waals surface area (Å²) in [5, 5.41) is 0. The Labute approximate surface area is 119 Å². The summed E-state index contributed by atoms with van der Waals surface area (Å²) in [7, 11) is 0. The topological polar surface area (TPSA) is 12.9 Å². The van der Waals surface area contributed by atoms with E-state index < -0.39 is 0 Å². The van der Waals surface area contributed by atoms with Gasteiger partial charge in [0.1, 0.15) is 0 Å². The zero-order valence-electron chi connectivity index (χ0n) is 12.4. The van der Waals surface area contributed by atoms with Gasteiger partial charge < -0.3 is 0 Å². The van der Waals surface area contributed by atoms with Gasteiger partial charge in [0.25, 0.3) is 0 Å². The second-order valence-corrected chi connectivity index (χ2v) is 5.46. The van der Waals surface area contributed by atoms with E-state index in [1.54, 1.807) is 0 Å². The Morgan fingerprint density at radius 3 is 1.84 bits per heavy atom. The molecule has 19 heavy (non-hydrogen) atoms. The Balaban J connectivity index is 1.79. The van der Waals surface area contributed by atoms with Gasteiger partial charge in [-0.2, -0.15) is 0 Å². The molecule has 1 heteroatoms. The molecule has 0 amide bonds. The van der Waals surface area contributed by atoms with Crippen molar-refractivity contribution in [1.82, 2.24) is 4.98 Å². The molecule has 0 aliphatic rings. The average Bonchev–Trinajstić information content (AvgIpc) is 2.46. The summed E-state index contributed by atoms with van der Waals surface area (Å²) in [5.74, 6) is 0. The fraction of sp³-hybridized carbons (Fsp3) is 0.667. The highest BCUT2D eigenvalue weighted by Gasteiger charge is 1.95. The lowest BCUT2D eigenvalue weighted by molar-refractivity contribution is 0.551. The van der Waals surface area contributed by atoms with Crippen molar-refractivity contribution in [3.63, 3.8) is 0 Å². The number of rotatable bonds is 12. The Hall–Kier alpha value is -0.850.